The second-order valence-corrected chi connectivity index (χ2v) is 7.40. The Balaban J connectivity index is 1.69. The molecule has 0 radical (unpaired) electrons. The number of anilines is 1. The van der Waals surface area contributed by atoms with Crippen molar-refractivity contribution in [2.24, 2.45) is 11.8 Å². The van der Waals surface area contributed by atoms with Crippen molar-refractivity contribution < 1.29 is 42.9 Å². The van der Waals surface area contributed by atoms with Crippen LogP contribution in [0, 0.1) is 11.8 Å². The molecular weight excluding hydrogens is 410 g/mol. The van der Waals surface area contributed by atoms with E-state index in [4.69, 9.17) is 14.2 Å². The van der Waals surface area contributed by atoms with Crippen molar-refractivity contribution >= 4 is 35.4 Å². The average molecular weight is 429 g/mol. The third-order valence-electron chi connectivity index (χ3n) is 5.54. The average Bonchev–Trinajstić information content (AvgIpc) is 3.37. The Hall–Kier alpha value is -3.53. The Labute approximate surface area is 176 Å². The molecule has 10 nitrogen and oxygen atoms in total. The predicted octanol–water partition coefficient (Wildman–Crippen LogP) is 0.738. The highest BCUT2D eigenvalue weighted by atomic mass is 16.7. The third kappa shape index (κ3) is 3.10. The van der Waals surface area contributed by atoms with Crippen LogP contribution in [0.25, 0.3) is 0 Å². The zero-order valence-corrected chi connectivity index (χ0v) is 16.9. The summed E-state index contributed by atoms with van der Waals surface area (Å²) < 4.78 is 20.9. The van der Waals surface area contributed by atoms with Gasteiger partial charge in [-0.25, -0.2) is 9.69 Å². The number of imide groups is 1. The number of amides is 2. The van der Waals surface area contributed by atoms with E-state index in [0.717, 1.165) is 18.7 Å². The fraction of sp³-hybridized carbons (Fsp3) is 0.381. The first-order chi connectivity index (χ1) is 14.7. The van der Waals surface area contributed by atoms with E-state index in [0.29, 0.717) is 0 Å². The van der Waals surface area contributed by atoms with Gasteiger partial charge < -0.3 is 18.9 Å². The van der Waals surface area contributed by atoms with Crippen LogP contribution >= 0.6 is 0 Å². The molecule has 4 rings (SSSR count). The van der Waals surface area contributed by atoms with Crippen molar-refractivity contribution in [1.82, 2.24) is 0 Å². The molecule has 0 aromatic heterocycles. The minimum atomic E-state index is -1.61. The Bertz CT molecular complexity index is 998. The van der Waals surface area contributed by atoms with Gasteiger partial charge in [0.2, 0.25) is 11.8 Å². The van der Waals surface area contributed by atoms with Crippen LogP contribution in [0.4, 0.5) is 5.69 Å². The fourth-order valence-corrected chi connectivity index (χ4v) is 4.34. The number of hydrogen-bond donors (Lipinski definition) is 0. The van der Waals surface area contributed by atoms with E-state index in [1.165, 1.54) is 37.5 Å². The minimum absolute atomic E-state index is 0.261. The van der Waals surface area contributed by atoms with E-state index in [1.54, 1.807) is 6.08 Å². The van der Waals surface area contributed by atoms with Crippen LogP contribution in [0.15, 0.2) is 36.4 Å². The van der Waals surface area contributed by atoms with Gasteiger partial charge in [-0.15, -0.1) is 0 Å². The number of esters is 3. The van der Waals surface area contributed by atoms with Crippen molar-refractivity contribution in [3.05, 3.63) is 42.0 Å². The SMILES string of the molecule is COC(=O)c1ccc(N2C(=O)[C@@H]3[C@@H]4C=C[C@@](C(OC(C)=O)OC(C)=O)(O4)[C@H]3C2=O)cc1. The Morgan fingerprint density at radius 2 is 1.65 bits per heavy atom. The molecule has 1 aromatic rings. The smallest absolute Gasteiger partial charge is 0.337 e. The quantitative estimate of drug-likeness (QED) is 0.288. The van der Waals surface area contributed by atoms with Gasteiger partial charge >= 0.3 is 17.9 Å². The number of ether oxygens (including phenoxy) is 4. The maximum Gasteiger partial charge on any atom is 0.337 e. The molecular formula is C21H19NO9. The van der Waals surface area contributed by atoms with Gasteiger partial charge in [0.1, 0.15) is 0 Å². The molecule has 3 aliphatic heterocycles. The summed E-state index contributed by atoms with van der Waals surface area (Å²) in [6, 6.07) is 5.80. The summed E-state index contributed by atoms with van der Waals surface area (Å²) >= 11 is 0. The van der Waals surface area contributed by atoms with Gasteiger partial charge in [0.05, 0.1) is 36.3 Å². The van der Waals surface area contributed by atoms with Crippen LogP contribution < -0.4 is 4.90 Å². The topological polar surface area (TPSA) is 126 Å². The molecule has 0 spiro atoms. The molecule has 0 unspecified atom stereocenters. The van der Waals surface area contributed by atoms with Crippen LogP contribution in [-0.2, 0) is 38.1 Å². The maximum atomic E-state index is 13.4. The van der Waals surface area contributed by atoms with Crippen molar-refractivity contribution in [3.8, 4) is 0 Å². The number of hydrogen-bond acceptors (Lipinski definition) is 9. The maximum absolute atomic E-state index is 13.4. The zero-order chi connectivity index (χ0) is 22.5. The monoisotopic (exact) mass is 429 g/mol. The van der Waals surface area contributed by atoms with Crippen LogP contribution in [0.1, 0.15) is 24.2 Å². The Morgan fingerprint density at radius 1 is 1.03 bits per heavy atom. The lowest BCUT2D eigenvalue weighted by molar-refractivity contribution is -0.226. The zero-order valence-electron chi connectivity index (χ0n) is 16.9. The predicted molar refractivity (Wildman–Crippen MR) is 101 cm³/mol. The van der Waals surface area contributed by atoms with Crippen LogP contribution in [0.3, 0.4) is 0 Å². The van der Waals surface area contributed by atoms with Gasteiger partial charge in [-0.05, 0) is 30.3 Å². The van der Waals surface area contributed by atoms with E-state index in [1.807, 2.05) is 0 Å². The van der Waals surface area contributed by atoms with E-state index < -0.39 is 59.6 Å². The first-order valence-corrected chi connectivity index (χ1v) is 9.47. The standard InChI is InChI=1S/C21H19NO9/c1-10(23)29-20(30-11(2)24)21-9-8-14(31-21)15-16(21)18(26)22(17(15)25)13-6-4-12(5-7-13)19(27)28-3/h4-9,14-16,20H,1-3H3/t14-,15+,16+,21+/m0/s1. The highest BCUT2D eigenvalue weighted by Crippen LogP contribution is 2.54. The third-order valence-corrected chi connectivity index (χ3v) is 5.54. The summed E-state index contributed by atoms with van der Waals surface area (Å²) in [5.41, 5.74) is -1.08. The molecule has 4 atom stereocenters. The number of methoxy groups -OCH3 is 1. The summed E-state index contributed by atoms with van der Waals surface area (Å²) in [6.07, 6.45) is 0.826. The van der Waals surface area contributed by atoms with Crippen molar-refractivity contribution in [2.45, 2.75) is 31.8 Å². The molecule has 31 heavy (non-hydrogen) atoms. The molecule has 3 aliphatic rings. The first kappa shape index (κ1) is 20.7. The van der Waals surface area contributed by atoms with E-state index in [9.17, 15) is 24.0 Å². The Morgan fingerprint density at radius 3 is 2.19 bits per heavy atom. The molecule has 2 saturated heterocycles. The van der Waals surface area contributed by atoms with Crippen molar-refractivity contribution in [1.29, 1.82) is 0 Å². The number of carbonyl (C=O) groups excluding carboxylic acids is 5. The highest BCUT2D eigenvalue weighted by Gasteiger charge is 2.72. The lowest BCUT2D eigenvalue weighted by Gasteiger charge is -2.34. The highest BCUT2D eigenvalue weighted by molar-refractivity contribution is 6.23. The lowest BCUT2D eigenvalue weighted by Crippen LogP contribution is -2.52. The molecule has 10 heteroatoms. The van der Waals surface area contributed by atoms with Crippen LogP contribution in [-0.4, -0.2) is 54.8 Å². The van der Waals surface area contributed by atoms with Gasteiger partial charge in [-0.2, -0.15) is 0 Å². The van der Waals surface area contributed by atoms with Crippen LogP contribution in [0.5, 0.6) is 0 Å². The van der Waals surface area contributed by atoms with Gasteiger partial charge in [-0.3, -0.25) is 19.2 Å². The molecule has 0 saturated carbocycles. The molecule has 0 aliphatic carbocycles. The second-order valence-electron chi connectivity index (χ2n) is 7.40. The molecule has 0 N–H and O–H groups in total. The number of carbonyl (C=O) groups is 5. The summed E-state index contributed by atoms with van der Waals surface area (Å²) in [7, 11) is 1.25. The van der Waals surface area contributed by atoms with E-state index in [-0.39, 0.29) is 11.3 Å². The second kappa shape index (κ2) is 7.31. The largest absolute Gasteiger partial charge is 0.465 e. The summed E-state index contributed by atoms with van der Waals surface area (Å²) in [5, 5.41) is 0. The molecule has 2 bridgehead atoms. The van der Waals surface area contributed by atoms with Gasteiger partial charge in [-0.1, -0.05) is 6.08 Å². The van der Waals surface area contributed by atoms with Crippen molar-refractivity contribution in [2.75, 3.05) is 12.0 Å². The molecule has 3 heterocycles. The van der Waals surface area contributed by atoms with E-state index in [2.05, 4.69) is 4.74 Å². The van der Waals surface area contributed by atoms with Crippen molar-refractivity contribution in [3.63, 3.8) is 0 Å². The number of nitrogens with zero attached hydrogens (tertiary/aromatic N) is 1. The summed E-state index contributed by atoms with van der Waals surface area (Å²) in [6.45, 7) is 2.26. The van der Waals surface area contributed by atoms with Crippen LogP contribution in [0.2, 0.25) is 0 Å². The number of fused-ring (bicyclic) bond motifs is 5. The first-order valence-electron chi connectivity index (χ1n) is 9.47. The number of rotatable bonds is 5. The molecule has 1 aromatic carbocycles. The minimum Gasteiger partial charge on any atom is -0.465 e. The lowest BCUT2D eigenvalue weighted by atomic mass is 9.76. The summed E-state index contributed by atoms with van der Waals surface area (Å²) in [5.74, 6) is -5.04. The molecule has 162 valence electrons. The normalized spacial score (nSPS) is 28.1. The molecule has 2 fully saturated rings. The Kier molecular flexibility index (Phi) is 4.89. The summed E-state index contributed by atoms with van der Waals surface area (Å²) in [4.78, 5) is 62.4. The van der Waals surface area contributed by atoms with Gasteiger partial charge in [0, 0.05) is 13.8 Å². The fourth-order valence-electron chi connectivity index (χ4n) is 4.34. The molecule has 2 amide bonds. The van der Waals surface area contributed by atoms with Gasteiger partial charge in [0.15, 0.2) is 5.60 Å². The van der Waals surface area contributed by atoms with Gasteiger partial charge in [0.25, 0.3) is 6.29 Å². The number of benzene rings is 1. The van der Waals surface area contributed by atoms with E-state index >= 15 is 0 Å².